The van der Waals surface area contributed by atoms with Gasteiger partial charge in [0, 0.05) is 28.5 Å². The van der Waals surface area contributed by atoms with Crippen LogP contribution in [0.25, 0.3) is 0 Å². The number of pyridine rings is 1. The minimum absolute atomic E-state index is 0.0749. The van der Waals surface area contributed by atoms with Gasteiger partial charge in [0.2, 0.25) is 17.7 Å². The van der Waals surface area contributed by atoms with Crippen molar-refractivity contribution in [3.8, 4) is 11.8 Å². The maximum atomic E-state index is 14.0. The van der Waals surface area contributed by atoms with Crippen LogP contribution in [0.1, 0.15) is 75.1 Å². The van der Waals surface area contributed by atoms with Gasteiger partial charge in [0.15, 0.2) is 11.2 Å². The number of hydrogen-bond acceptors (Lipinski definition) is 11. The fraction of sp³-hybridized carbons (Fsp3) is 0.463. The van der Waals surface area contributed by atoms with E-state index in [0.29, 0.717) is 66.0 Å². The Bertz CT molecular complexity index is 2170. The third kappa shape index (κ3) is 8.95. The molecule has 7 rings (SSSR count). The molecule has 13 nitrogen and oxygen atoms in total. The van der Waals surface area contributed by atoms with Crippen LogP contribution < -0.4 is 30.5 Å². The van der Waals surface area contributed by atoms with E-state index in [9.17, 15) is 37.6 Å². The lowest BCUT2D eigenvalue weighted by Gasteiger charge is -2.44. The van der Waals surface area contributed by atoms with Gasteiger partial charge in [-0.15, -0.1) is 12.6 Å². The third-order valence-corrected chi connectivity index (χ3v) is 12.3. The third-order valence-electron chi connectivity index (χ3n) is 11.6. The first-order valence-electron chi connectivity index (χ1n) is 19.7. The van der Waals surface area contributed by atoms with Gasteiger partial charge in [-0.3, -0.25) is 34.3 Å². The van der Waals surface area contributed by atoms with Crippen LogP contribution in [-0.4, -0.2) is 76.8 Å². The lowest BCUT2D eigenvalue weighted by molar-refractivity contribution is -0.138. The van der Waals surface area contributed by atoms with Crippen LogP contribution in [0.3, 0.4) is 0 Å². The lowest BCUT2D eigenvalue weighted by atomic mass is 9.75. The number of nitrogens with one attached hydrogen (secondary N) is 3. The summed E-state index contributed by atoms with van der Waals surface area (Å²) in [5.74, 6) is -0.120. The standard InChI is InChI=1S/C41H44ClF3N8O5S/c1-2-25-16-29(53-39(59)52(38(57)40(53)11-3-12-40)30-20-31(41(43,44)45)33(21-46)47-22-30)4-6-34(25)58-15-10-24-8-13-51(14-9-24)23-36(55)49-28-18-26(42)17-27(19-28)48-32-5-7-35(54)50-37(32)56/h4,6,16-20,22,24,32,39,48,59H,2-3,5,7-15,23H2,1H3,(H,49,55)(H,50,54,56). The number of ether oxygens (including phenoxy) is 1. The highest BCUT2D eigenvalue weighted by Crippen LogP contribution is 2.51. The molecule has 2 atom stereocenters. The molecule has 4 fully saturated rings. The number of carbonyl (C=O) groups excluding carboxylic acids is 4. The second-order valence-electron chi connectivity index (χ2n) is 15.4. The van der Waals surface area contributed by atoms with E-state index < -0.39 is 40.4 Å². The molecule has 3 N–H and O–H groups in total. The zero-order chi connectivity index (χ0) is 42.1. The van der Waals surface area contributed by atoms with Gasteiger partial charge in [-0.25, -0.2) is 4.98 Å². The fourth-order valence-corrected chi connectivity index (χ4v) is 9.17. The van der Waals surface area contributed by atoms with Crippen LogP contribution >= 0.6 is 24.2 Å². The number of piperidine rings is 2. The Hall–Kier alpha value is -5.05. The predicted octanol–water partition coefficient (Wildman–Crippen LogP) is 6.51. The molecule has 59 heavy (non-hydrogen) atoms. The van der Waals surface area contributed by atoms with E-state index in [2.05, 4.69) is 25.8 Å². The lowest BCUT2D eigenvalue weighted by Crippen LogP contribution is -2.55. The molecule has 0 radical (unpaired) electrons. The summed E-state index contributed by atoms with van der Waals surface area (Å²) in [5, 5.41) is 17.9. The molecule has 4 heterocycles. The van der Waals surface area contributed by atoms with Crippen molar-refractivity contribution < 1.29 is 37.1 Å². The summed E-state index contributed by atoms with van der Waals surface area (Å²) in [6.07, 6.45) is 1.97. The van der Waals surface area contributed by atoms with Crippen molar-refractivity contribution >= 4 is 70.6 Å². The largest absolute Gasteiger partial charge is 0.493 e. The number of imide groups is 1. The monoisotopic (exact) mass is 852 g/mol. The number of nitrogens with zero attached hydrogens (tertiary/aromatic N) is 5. The Morgan fingerprint density at radius 1 is 1.08 bits per heavy atom. The number of rotatable bonds is 12. The zero-order valence-electron chi connectivity index (χ0n) is 32.3. The second-order valence-corrected chi connectivity index (χ2v) is 16.3. The van der Waals surface area contributed by atoms with Crippen molar-refractivity contribution in [1.82, 2.24) is 15.2 Å². The minimum Gasteiger partial charge on any atom is -0.493 e. The molecule has 3 aliphatic heterocycles. The van der Waals surface area contributed by atoms with E-state index >= 15 is 0 Å². The SMILES string of the molecule is CCc1cc(N2C(S)N(c3cnc(C#N)c(C(F)(F)F)c3)C(=O)C23CCC3)ccc1OCCC1CCN(CC(=O)Nc2cc(Cl)cc(NC3CCC(=O)NC3=O)c2)CC1. The minimum atomic E-state index is -4.83. The molecule has 1 aliphatic carbocycles. The fourth-order valence-electron chi connectivity index (χ4n) is 8.34. The molecular weight excluding hydrogens is 809 g/mol. The Morgan fingerprint density at radius 3 is 2.49 bits per heavy atom. The summed E-state index contributed by atoms with van der Waals surface area (Å²) in [7, 11) is 0. The van der Waals surface area contributed by atoms with E-state index in [1.807, 2.05) is 30.0 Å². The number of alkyl halides is 3. The average molecular weight is 853 g/mol. The molecule has 4 amide bonds. The number of amides is 4. The molecule has 18 heteroatoms. The van der Waals surface area contributed by atoms with E-state index in [0.717, 1.165) is 56.6 Å². The summed E-state index contributed by atoms with van der Waals surface area (Å²) in [5.41, 5.74) is -1.23. The Balaban J connectivity index is 0.914. The number of carbonyl (C=O) groups is 4. The van der Waals surface area contributed by atoms with Crippen molar-refractivity contribution in [2.75, 3.05) is 46.7 Å². The number of anilines is 4. The van der Waals surface area contributed by atoms with Crippen molar-refractivity contribution in [2.24, 2.45) is 5.92 Å². The highest BCUT2D eigenvalue weighted by Gasteiger charge is 2.60. The highest BCUT2D eigenvalue weighted by atomic mass is 35.5. The summed E-state index contributed by atoms with van der Waals surface area (Å²) >= 11 is 11.1. The first-order valence-corrected chi connectivity index (χ1v) is 20.6. The van der Waals surface area contributed by atoms with Crippen molar-refractivity contribution in [3.05, 3.63) is 70.5 Å². The number of likely N-dealkylation sites (tertiary alicyclic amines) is 1. The summed E-state index contributed by atoms with van der Waals surface area (Å²) in [6, 6.07) is 12.4. The number of halogens is 4. The molecule has 3 saturated heterocycles. The zero-order valence-corrected chi connectivity index (χ0v) is 33.9. The van der Waals surface area contributed by atoms with Gasteiger partial charge in [-0.05, 0) is 118 Å². The molecule has 2 unspecified atom stereocenters. The number of nitriles is 1. The van der Waals surface area contributed by atoms with Crippen molar-refractivity contribution in [2.45, 2.75) is 88.0 Å². The molecule has 312 valence electrons. The normalized spacial score (nSPS) is 20.9. The molecule has 3 aromatic rings. The summed E-state index contributed by atoms with van der Waals surface area (Å²) in [6.45, 7) is 4.20. The average Bonchev–Trinajstić information content (AvgIpc) is 3.42. The Morgan fingerprint density at radius 2 is 1.83 bits per heavy atom. The number of aromatic nitrogens is 1. The topological polar surface area (TPSA) is 160 Å². The van der Waals surface area contributed by atoms with Crippen LogP contribution in [0.15, 0.2) is 48.7 Å². The van der Waals surface area contributed by atoms with Gasteiger partial charge in [0.25, 0.3) is 5.91 Å². The summed E-state index contributed by atoms with van der Waals surface area (Å²) < 4.78 is 47.7. The van der Waals surface area contributed by atoms with E-state index in [1.165, 1.54) is 11.0 Å². The van der Waals surface area contributed by atoms with E-state index in [-0.39, 0.29) is 36.4 Å². The Labute approximate surface area is 350 Å². The molecule has 1 spiro atoms. The number of aryl methyl sites for hydroxylation is 1. The van der Waals surface area contributed by atoms with Gasteiger partial charge in [0.1, 0.15) is 23.4 Å². The molecule has 4 aliphatic rings. The predicted molar refractivity (Wildman–Crippen MR) is 218 cm³/mol. The van der Waals surface area contributed by atoms with Crippen LogP contribution in [0, 0.1) is 17.2 Å². The maximum absolute atomic E-state index is 14.0. The Kier molecular flexibility index (Phi) is 12.3. The number of thiol groups is 1. The quantitative estimate of drug-likeness (QED) is 0.117. The molecule has 1 aromatic heterocycles. The number of hydrogen-bond donors (Lipinski definition) is 4. The molecular formula is C41H44ClF3N8O5S. The summed E-state index contributed by atoms with van der Waals surface area (Å²) in [4.78, 5) is 59.6. The first kappa shape index (κ1) is 42.1. The van der Waals surface area contributed by atoms with E-state index in [4.69, 9.17) is 29.0 Å². The van der Waals surface area contributed by atoms with Crippen LogP contribution in [0.2, 0.25) is 5.02 Å². The van der Waals surface area contributed by atoms with Crippen LogP contribution in [0.4, 0.5) is 35.9 Å². The van der Waals surface area contributed by atoms with Gasteiger partial charge < -0.3 is 20.3 Å². The highest BCUT2D eigenvalue weighted by molar-refractivity contribution is 7.81. The van der Waals surface area contributed by atoms with Crippen molar-refractivity contribution in [3.63, 3.8) is 0 Å². The van der Waals surface area contributed by atoms with Gasteiger partial charge in [-0.2, -0.15) is 18.4 Å². The van der Waals surface area contributed by atoms with Crippen LogP contribution in [0.5, 0.6) is 5.75 Å². The molecule has 0 bridgehead atoms. The molecule has 2 aromatic carbocycles. The van der Waals surface area contributed by atoms with Gasteiger partial charge >= 0.3 is 6.18 Å². The smallest absolute Gasteiger partial charge is 0.419 e. The first-order chi connectivity index (χ1) is 28.2. The molecule has 1 saturated carbocycles. The van der Waals surface area contributed by atoms with Crippen LogP contribution in [-0.2, 0) is 31.8 Å². The number of benzene rings is 2. The van der Waals surface area contributed by atoms with Gasteiger partial charge in [-0.1, -0.05) is 18.5 Å². The van der Waals surface area contributed by atoms with Crippen molar-refractivity contribution in [1.29, 1.82) is 5.26 Å². The maximum Gasteiger partial charge on any atom is 0.419 e. The van der Waals surface area contributed by atoms with Gasteiger partial charge in [0.05, 0.1) is 30.6 Å². The van der Waals surface area contributed by atoms with E-state index in [1.54, 1.807) is 18.2 Å². The second kappa shape index (κ2) is 17.3.